The molecule has 3 aromatic carbocycles. The lowest BCUT2D eigenvalue weighted by Gasteiger charge is -2.24. The van der Waals surface area contributed by atoms with E-state index in [9.17, 15) is 13.2 Å². The fourth-order valence-electron chi connectivity index (χ4n) is 3.14. The lowest BCUT2D eigenvalue weighted by Crippen LogP contribution is -2.39. The summed E-state index contributed by atoms with van der Waals surface area (Å²) in [5, 5.41) is 4.56. The van der Waals surface area contributed by atoms with Gasteiger partial charge in [0.1, 0.15) is 12.3 Å². The van der Waals surface area contributed by atoms with E-state index in [1.165, 1.54) is 57.9 Å². The highest BCUT2D eigenvalue weighted by molar-refractivity contribution is 7.92. The van der Waals surface area contributed by atoms with Crippen molar-refractivity contribution in [3.63, 3.8) is 0 Å². The number of hydrogen-bond donors (Lipinski definition) is 1. The summed E-state index contributed by atoms with van der Waals surface area (Å²) in [6.07, 6.45) is 1.28. The van der Waals surface area contributed by atoms with Crippen LogP contribution in [0.1, 0.15) is 5.56 Å². The number of halogens is 2. The molecule has 0 spiro atoms. The number of sulfonamides is 1. The molecule has 0 bridgehead atoms. The van der Waals surface area contributed by atoms with Crippen LogP contribution < -0.4 is 23.9 Å². The monoisotopic (exact) mass is 551 g/mol. The van der Waals surface area contributed by atoms with E-state index < -0.39 is 22.5 Å². The number of carbonyl (C=O) groups excluding carboxylic acids is 1. The van der Waals surface area contributed by atoms with E-state index in [4.69, 9.17) is 37.4 Å². The van der Waals surface area contributed by atoms with E-state index in [1.54, 1.807) is 30.3 Å². The summed E-state index contributed by atoms with van der Waals surface area (Å²) >= 11 is 12.2. The average Bonchev–Trinajstić information content (AvgIpc) is 2.88. The van der Waals surface area contributed by atoms with Gasteiger partial charge in [0.05, 0.1) is 48.2 Å². The molecule has 0 aliphatic heterocycles. The molecular weight excluding hydrogens is 529 g/mol. The van der Waals surface area contributed by atoms with Gasteiger partial charge in [0.25, 0.3) is 15.9 Å². The van der Waals surface area contributed by atoms with Gasteiger partial charge in [-0.3, -0.25) is 9.10 Å². The number of anilines is 1. The molecular formula is C24H23Cl2N3O6S. The van der Waals surface area contributed by atoms with E-state index >= 15 is 0 Å². The zero-order valence-corrected chi connectivity index (χ0v) is 21.9. The van der Waals surface area contributed by atoms with Crippen molar-refractivity contribution in [2.75, 3.05) is 32.2 Å². The first-order chi connectivity index (χ1) is 17.2. The van der Waals surface area contributed by atoms with Gasteiger partial charge in [-0.25, -0.2) is 13.8 Å². The maximum Gasteiger partial charge on any atom is 0.264 e. The third-order valence-corrected chi connectivity index (χ3v) is 7.40. The second-order valence-electron chi connectivity index (χ2n) is 7.16. The van der Waals surface area contributed by atoms with Gasteiger partial charge >= 0.3 is 0 Å². The highest BCUT2D eigenvalue weighted by atomic mass is 35.5. The molecule has 0 atom stereocenters. The predicted octanol–water partition coefficient (Wildman–Crippen LogP) is 4.36. The first kappa shape index (κ1) is 27.1. The molecule has 3 rings (SSSR count). The van der Waals surface area contributed by atoms with Crippen LogP contribution in [-0.2, 0) is 14.8 Å². The van der Waals surface area contributed by atoms with Crippen molar-refractivity contribution in [2.24, 2.45) is 5.10 Å². The smallest absolute Gasteiger partial charge is 0.264 e. The van der Waals surface area contributed by atoms with Crippen LogP contribution in [0.5, 0.6) is 17.2 Å². The van der Waals surface area contributed by atoms with Crippen LogP contribution in [0.3, 0.4) is 0 Å². The first-order valence-corrected chi connectivity index (χ1v) is 12.6. The maximum absolute atomic E-state index is 13.6. The highest BCUT2D eigenvalue weighted by Crippen LogP contribution is 2.32. The number of nitrogens with zero attached hydrogens (tertiary/aromatic N) is 2. The van der Waals surface area contributed by atoms with Gasteiger partial charge in [0.15, 0.2) is 11.5 Å². The van der Waals surface area contributed by atoms with Crippen molar-refractivity contribution in [3.05, 3.63) is 76.3 Å². The largest absolute Gasteiger partial charge is 0.497 e. The highest BCUT2D eigenvalue weighted by Gasteiger charge is 2.28. The molecule has 0 fully saturated rings. The van der Waals surface area contributed by atoms with Gasteiger partial charge in [0.2, 0.25) is 0 Å². The minimum Gasteiger partial charge on any atom is -0.497 e. The average molecular weight is 552 g/mol. The molecule has 0 aromatic heterocycles. The lowest BCUT2D eigenvalue weighted by molar-refractivity contribution is -0.119. The molecule has 12 heteroatoms. The molecule has 36 heavy (non-hydrogen) atoms. The molecule has 1 N–H and O–H groups in total. The quantitative estimate of drug-likeness (QED) is 0.296. The Morgan fingerprint density at radius 2 is 1.58 bits per heavy atom. The van der Waals surface area contributed by atoms with Crippen molar-refractivity contribution in [1.29, 1.82) is 0 Å². The molecule has 0 aliphatic rings. The number of hydrazone groups is 1. The molecule has 3 aromatic rings. The lowest BCUT2D eigenvalue weighted by atomic mass is 10.2. The summed E-state index contributed by atoms with van der Waals surface area (Å²) in [7, 11) is 0.111. The minimum absolute atomic E-state index is 0.102. The summed E-state index contributed by atoms with van der Waals surface area (Å²) in [6, 6.07) is 15.3. The molecule has 0 unspecified atom stereocenters. The van der Waals surface area contributed by atoms with Crippen LogP contribution in [0.15, 0.2) is 70.7 Å². The Morgan fingerprint density at radius 3 is 2.17 bits per heavy atom. The summed E-state index contributed by atoms with van der Waals surface area (Å²) in [6.45, 7) is -0.573. The van der Waals surface area contributed by atoms with Crippen LogP contribution >= 0.6 is 23.2 Å². The van der Waals surface area contributed by atoms with Gasteiger partial charge in [-0.05, 0) is 48.5 Å². The van der Waals surface area contributed by atoms with E-state index in [0.29, 0.717) is 27.1 Å². The van der Waals surface area contributed by atoms with Gasteiger partial charge in [-0.2, -0.15) is 5.10 Å². The second-order valence-corrected chi connectivity index (χ2v) is 9.83. The molecule has 0 saturated carbocycles. The summed E-state index contributed by atoms with van der Waals surface area (Å²) in [4.78, 5) is 12.6. The maximum atomic E-state index is 13.6. The van der Waals surface area contributed by atoms with Crippen LogP contribution in [0, 0.1) is 0 Å². The molecule has 0 heterocycles. The molecule has 9 nitrogen and oxygen atoms in total. The Balaban J connectivity index is 1.92. The normalized spacial score (nSPS) is 11.2. The van der Waals surface area contributed by atoms with E-state index in [2.05, 4.69) is 10.5 Å². The molecule has 0 saturated heterocycles. The Labute approximate surface area is 219 Å². The van der Waals surface area contributed by atoms with Crippen molar-refractivity contribution < 1.29 is 27.4 Å². The minimum atomic E-state index is -4.21. The topological polar surface area (TPSA) is 107 Å². The second kappa shape index (κ2) is 12.0. The molecule has 190 valence electrons. The Kier molecular flexibility index (Phi) is 9.03. The number of ether oxygens (including phenoxy) is 3. The molecule has 0 radical (unpaired) electrons. The van der Waals surface area contributed by atoms with Gasteiger partial charge < -0.3 is 14.2 Å². The van der Waals surface area contributed by atoms with Gasteiger partial charge in [0, 0.05) is 11.6 Å². The fraction of sp³-hybridized carbons (Fsp3) is 0.167. The number of benzene rings is 3. The van der Waals surface area contributed by atoms with Crippen molar-refractivity contribution >= 4 is 51.0 Å². The number of carbonyl (C=O) groups is 1. The number of methoxy groups -OCH3 is 3. The fourth-order valence-corrected chi connectivity index (χ4v) is 5.07. The van der Waals surface area contributed by atoms with Crippen molar-refractivity contribution in [3.8, 4) is 17.2 Å². The Morgan fingerprint density at radius 1 is 0.944 bits per heavy atom. The van der Waals surface area contributed by atoms with E-state index in [-0.39, 0.29) is 16.3 Å². The van der Waals surface area contributed by atoms with Crippen LogP contribution in [0.4, 0.5) is 5.69 Å². The van der Waals surface area contributed by atoms with Crippen LogP contribution in [0.2, 0.25) is 10.0 Å². The van der Waals surface area contributed by atoms with Crippen molar-refractivity contribution in [2.45, 2.75) is 4.90 Å². The SMILES string of the molecule is COc1ccc(N(CC(=O)N/N=C\c2c(Cl)cccc2Cl)S(=O)(=O)c2ccc(OC)c(OC)c2)cc1. The summed E-state index contributed by atoms with van der Waals surface area (Å²) in [5.41, 5.74) is 2.95. The molecule has 0 aliphatic carbocycles. The number of rotatable bonds is 10. The van der Waals surface area contributed by atoms with Crippen molar-refractivity contribution in [1.82, 2.24) is 5.43 Å². The number of hydrogen-bond acceptors (Lipinski definition) is 7. The number of amides is 1. The zero-order chi connectivity index (χ0) is 26.3. The summed E-state index contributed by atoms with van der Waals surface area (Å²) < 4.78 is 43.8. The third-order valence-electron chi connectivity index (χ3n) is 4.97. The van der Waals surface area contributed by atoms with Crippen LogP contribution in [0.25, 0.3) is 0 Å². The Hall–Kier alpha value is -3.47. The van der Waals surface area contributed by atoms with Gasteiger partial charge in [-0.1, -0.05) is 29.3 Å². The molecule has 1 amide bonds. The first-order valence-electron chi connectivity index (χ1n) is 10.4. The predicted molar refractivity (Wildman–Crippen MR) is 139 cm³/mol. The van der Waals surface area contributed by atoms with E-state index in [0.717, 1.165) is 4.31 Å². The standard InChI is InChI=1S/C24H23Cl2N3O6S/c1-33-17-9-7-16(8-10-17)29(36(31,32)18-11-12-22(34-2)23(13-18)35-3)15-24(30)28-27-14-19-20(25)5-4-6-21(19)26/h4-14H,15H2,1-3H3,(H,28,30)/b27-14-. The zero-order valence-electron chi connectivity index (χ0n) is 19.6. The van der Waals surface area contributed by atoms with Crippen LogP contribution in [-0.4, -0.2) is 48.4 Å². The van der Waals surface area contributed by atoms with E-state index in [1.807, 2.05) is 0 Å². The summed E-state index contributed by atoms with van der Waals surface area (Å²) in [5.74, 6) is 0.402. The van der Waals surface area contributed by atoms with Gasteiger partial charge in [-0.15, -0.1) is 0 Å². The third kappa shape index (κ3) is 6.20. The Bertz CT molecular complexity index is 1340. The number of nitrogens with one attached hydrogen (secondary N) is 1.